The van der Waals surface area contributed by atoms with Gasteiger partial charge in [0, 0.05) is 0 Å². The fourth-order valence-corrected chi connectivity index (χ4v) is 1.82. The molecule has 0 unspecified atom stereocenters. The Morgan fingerprint density at radius 1 is 1.35 bits per heavy atom. The summed E-state index contributed by atoms with van der Waals surface area (Å²) >= 11 is 0. The van der Waals surface area contributed by atoms with Crippen molar-refractivity contribution in [3.05, 3.63) is 39.4 Å². The molecule has 2 rings (SSSR count). The lowest BCUT2D eigenvalue weighted by Gasteiger charge is -2.03. The second-order valence-electron chi connectivity index (χ2n) is 3.98. The van der Waals surface area contributed by atoms with Crippen LogP contribution in [-0.2, 0) is 11.8 Å². The highest BCUT2D eigenvalue weighted by Gasteiger charge is 2.28. The van der Waals surface area contributed by atoms with Gasteiger partial charge in [-0.2, -0.15) is 5.10 Å². The van der Waals surface area contributed by atoms with Gasteiger partial charge in [0.2, 0.25) is 0 Å². The lowest BCUT2D eigenvalue weighted by atomic mass is 10.2. The van der Waals surface area contributed by atoms with E-state index in [1.807, 2.05) is 0 Å². The van der Waals surface area contributed by atoms with Crippen LogP contribution < -0.4 is 10.1 Å². The number of ether oxygens (including phenoxy) is 1. The summed E-state index contributed by atoms with van der Waals surface area (Å²) in [5, 5.41) is 1.84. The smallest absolute Gasteiger partial charge is 0.410 e. The number of H-pyrrole nitrogens is 1. The van der Waals surface area contributed by atoms with E-state index in [2.05, 4.69) is 9.84 Å². The quantitative estimate of drug-likeness (QED) is 0.508. The molecular weight excluding hydrogens is 277 g/mol. The Bertz CT molecular complexity index is 771. The summed E-state index contributed by atoms with van der Waals surface area (Å²) in [6, 6.07) is 0.537. The maximum atomic E-state index is 13.6. The van der Waals surface area contributed by atoms with Crippen molar-refractivity contribution < 1.29 is 27.4 Å². The van der Waals surface area contributed by atoms with Gasteiger partial charge in [-0.3, -0.25) is 4.79 Å². The summed E-state index contributed by atoms with van der Waals surface area (Å²) in [7, 11) is 1.26. The molecule has 0 aliphatic carbocycles. The van der Waals surface area contributed by atoms with Crippen molar-refractivity contribution in [3.8, 4) is 0 Å². The first-order chi connectivity index (χ1) is 9.38. The minimum Gasteiger partial charge on any atom is -0.458 e. The highest BCUT2D eigenvalue weighted by atomic mass is 19.2. The van der Waals surface area contributed by atoms with E-state index < -0.39 is 45.4 Å². The van der Waals surface area contributed by atoms with Gasteiger partial charge in [-0.05, 0) is 13.0 Å². The van der Waals surface area contributed by atoms with Gasteiger partial charge in [-0.15, -0.1) is 4.68 Å². The van der Waals surface area contributed by atoms with Crippen molar-refractivity contribution in [2.45, 2.75) is 6.92 Å². The van der Waals surface area contributed by atoms with E-state index in [-0.39, 0.29) is 6.61 Å². The molecule has 2 aromatic rings. The first-order valence-corrected chi connectivity index (χ1v) is 5.65. The monoisotopic (exact) mass is 287 g/mol. The highest BCUT2D eigenvalue weighted by Crippen LogP contribution is 2.18. The summed E-state index contributed by atoms with van der Waals surface area (Å²) in [5.74, 6) is -5.67. The molecule has 1 N–H and O–H groups in total. The molecule has 0 saturated heterocycles. The molecule has 0 aliphatic heterocycles. The van der Waals surface area contributed by atoms with Gasteiger partial charge in [-0.25, -0.2) is 18.0 Å². The number of aromatic amines is 1. The Balaban J connectivity index is 2.86. The van der Waals surface area contributed by atoms with E-state index in [0.717, 1.165) is 4.68 Å². The first-order valence-electron chi connectivity index (χ1n) is 5.65. The van der Waals surface area contributed by atoms with Gasteiger partial charge < -0.3 is 4.74 Å². The van der Waals surface area contributed by atoms with E-state index in [9.17, 15) is 22.8 Å². The van der Waals surface area contributed by atoms with Crippen LogP contribution in [0.3, 0.4) is 0 Å². The van der Waals surface area contributed by atoms with E-state index in [4.69, 9.17) is 0 Å². The number of carbonyl (C=O) groups is 1. The fraction of sp³-hybridized carbons (Fsp3) is 0.250. The Hall–Kier alpha value is -2.38. The Labute approximate surface area is 110 Å². The number of carbonyl (C=O) groups excluding carboxylic acids is 1. The van der Waals surface area contributed by atoms with E-state index >= 15 is 0 Å². The zero-order valence-corrected chi connectivity index (χ0v) is 10.6. The third kappa shape index (κ3) is 2.02. The molecule has 0 atom stereocenters. The number of nitrogens with zero attached hydrogens (tertiary/aromatic N) is 1. The van der Waals surface area contributed by atoms with Gasteiger partial charge in [0.05, 0.1) is 12.0 Å². The molecule has 20 heavy (non-hydrogen) atoms. The molecule has 0 saturated carbocycles. The number of halogens is 3. The standard InChI is InChI=1S/C12H9F3N2O3/c1-3-20-12(19)10-11(18)5-4-6(13)7(14)8(15)9(5)16-17(10)2/h4H,3H2,1-2H3/p+1. The molecule has 1 aromatic heterocycles. The second kappa shape index (κ2) is 4.95. The lowest BCUT2D eigenvalue weighted by molar-refractivity contribution is -0.731. The van der Waals surface area contributed by atoms with Crippen molar-refractivity contribution >= 4 is 16.9 Å². The van der Waals surface area contributed by atoms with Gasteiger partial charge in [0.15, 0.2) is 24.5 Å². The average Bonchev–Trinajstić information content (AvgIpc) is 2.38. The third-order valence-electron chi connectivity index (χ3n) is 2.71. The summed E-state index contributed by atoms with van der Waals surface area (Å²) in [4.78, 5) is 23.7. The van der Waals surface area contributed by atoms with Crippen LogP contribution in [0, 0.1) is 17.5 Å². The maximum absolute atomic E-state index is 13.6. The second-order valence-corrected chi connectivity index (χ2v) is 3.98. The predicted octanol–water partition coefficient (Wildman–Crippen LogP) is 0.947. The summed E-state index contributed by atoms with van der Waals surface area (Å²) in [5.41, 5.74) is -1.91. The molecule has 0 amide bonds. The third-order valence-corrected chi connectivity index (χ3v) is 2.71. The zero-order valence-electron chi connectivity index (χ0n) is 10.6. The number of hydrogen-bond donors (Lipinski definition) is 1. The summed E-state index contributed by atoms with van der Waals surface area (Å²) in [6.45, 7) is 1.57. The average molecular weight is 287 g/mol. The number of hydrogen-bond acceptors (Lipinski definition) is 3. The molecule has 5 nitrogen and oxygen atoms in total. The highest BCUT2D eigenvalue weighted by molar-refractivity contribution is 5.90. The van der Waals surface area contributed by atoms with Crippen molar-refractivity contribution in [2.75, 3.05) is 6.61 Å². The van der Waals surface area contributed by atoms with Crippen LogP contribution in [0.1, 0.15) is 17.4 Å². The molecule has 0 fully saturated rings. The molecule has 0 aliphatic rings. The number of nitrogens with one attached hydrogen (secondary N) is 1. The molecule has 1 heterocycles. The van der Waals surface area contributed by atoms with Gasteiger partial charge in [-0.1, -0.05) is 0 Å². The Kier molecular flexibility index (Phi) is 3.47. The number of aryl methyl sites for hydroxylation is 1. The fourth-order valence-electron chi connectivity index (χ4n) is 1.82. The number of esters is 1. The van der Waals surface area contributed by atoms with Gasteiger partial charge >= 0.3 is 11.7 Å². The Morgan fingerprint density at radius 2 is 2.00 bits per heavy atom. The molecular formula is C12H10F3N2O3+. The largest absolute Gasteiger partial charge is 0.458 e. The predicted molar refractivity (Wildman–Crippen MR) is 61.6 cm³/mol. The van der Waals surface area contributed by atoms with Crippen molar-refractivity contribution in [2.24, 2.45) is 7.05 Å². The summed E-state index contributed by atoms with van der Waals surface area (Å²) < 4.78 is 45.5. The normalized spacial score (nSPS) is 10.8. The lowest BCUT2D eigenvalue weighted by Crippen LogP contribution is -2.46. The topological polar surface area (TPSA) is 63.0 Å². The number of aromatic nitrogens is 2. The SMILES string of the molecule is CCOC(=O)c1c(=O)c2cc(F)c(F)c(F)c2[nH][n+]1C. The van der Waals surface area contributed by atoms with E-state index in [1.54, 1.807) is 6.92 Å². The van der Waals surface area contributed by atoms with Crippen LogP contribution in [-0.4, -0.2) is 17.7 Å². The van der Waals surface area contributed by atoms with Crippen LogP contribution in [0.5, 0.6) is 0 Å². The molecule has 0 radical (unpaired) electrons. The van der Waals surface area contributed by atoms with Crippen LogP contribution in [0.25, 0.3) is 10.9 Å². The van der Waals surface area contributed by atoms with Crippen LogP contribution in [0.4, 0.5) is 13.2 Å². The number of benzene rings is 1. The number of fused-ring (bicyclic) bond motifs is 1. The molecule has 1 aromatic carbocycles. The molecule has 0 bridgehead atoms. The van der Waals surface area contributed by atoms with Crippen LogP contribution in [0.2, 0.25) is 0 Å². The minimum absolute atomic E-state index is 0.0302. The van der Waals surface area contributed by atoms with E-state index in [0.29, 0.717) is 6.07 Å². The van der Waals surface area contributed by atoms with Crippen LogP contribution in [0.15, 0.2) is 10.9 Å². The van der Waals surface area contributed by atoms with E-state index in [1.165, 1.54) is 7.05 Å². The molecule has 106 valence electrons. The van der Waals surface area contributed by atoms with Crippen molar-refractivity contribution in [3.63, 3.8) is 0 Å². The molecule has 8 heteroatoms. The minimum atomic E-state index is -1.70. The van der Waals surface area contributed by atoms with Crippen molar-refractivity contribution in [1.82, 2.24) is 5.10 Å². The number of rotatable bonds is 2. The zero-order chi connectivity index (χ0) is 15.0. The molecule has 0 spiro atoms. The van der Waals surface area contributed by atoms with Gasteiger partial charge in [0.1, 0.15) is 5.52 Å². The maximum Gasteiger partial charge on any atom is 0.410 e. The van der Waals surface area contributed by atoms with Crippen molar-refractivity contribution in [1.29, 1.82) is 0 Å². The summed E-state index contributed by atoms with van der Waals surface area (Å²) in [6.07, 6.45) is 0. The Morgan fingerprint density at radius 3 is 2.60 bits per heavy atom. The first kappa shape index (κ1) is 14.0. The van der Waals surface area contributed by atoms with Crippen LogP contribution >= 0.6 is 0 Å². The van der Waals surface area contributed by atoms with Gasteiger partial charge in [0.25, 0.3) is 5.43 Å².